The Bertz CT molecular complexity index is 444. The summed E-state index contributed by atoms with van der Waals surface area (Å²) in [5.41, 5.74) is 1.34. The van der Waals surface area contributed by atoms with E-state index in [0.29, 0.717) is 18.7 Å². The van der Waals surface area contributed by atoms with Gasteiger partial charge in [-0.3, -0.25) is 9.48 Å². The maximum absolute atomic E-state index is 12.4. The Morgan fingerprint density at radius 1 is 1.67 bits per heavy atom. The van der Waals surface area contributed by atoms with Gasteiger partial charge < -0.3 is 14.7 Å². The number of carbonyl (C=O) groups is 1. The van der Waals surface area contributed by atoms with Gasteiger partial charge in [-0.2, -0.15) is 5.10 Å². The minimum atomic E-state index is -0.290. The second-order valence-corrected chi connectivity index (χ2v) is 4.75. The van der Waals surface area contributed by atoms with Gasteiger partial charge in [-0.1, -0.05) is 0 Å². The number of hydrogen-bond acceptors (Lipinski definition) is 4. The van der Waals surface area contributed by atoms with Gasteiger partial charge in [0, 0.05) is 19.8 Å². The van der Waals surface area contributed by atoms with Crippen LogP contribution in [0.4, 0.5) is 0 Å². The van der Waals surface area contributed by atoms with Gasteiger partial charge in [0.2, 0.25) is 0 Å². The SMILES string of the molecule is Cc1nn(C)cc1C(=O)N1CC(CO)OCC1C. The number of rotatable bonds is 2. The van der Waals surface area contributed by atoms with E-state index in [9.17, 15) is 4.79 Å². The zero-order valence-corrected chi connectivity index (χ0v) is 11.0. The van der Waals surface area contributed by atoms with Crippen LogP contribution >= 0.6 is 0 Å². The Morgan fingerprint density at radius 3 is 2.94 bits per heavy atom. The fourth-order valence-corrected chi connectivity index (χ4v) is 2.18. The van der Waals surface area contributed by atoms with E-state index in [1.807, 2.05) is 13.8 Å². The Labute approximate surface area is 106 Å². The molecule has 1 aromatic heterocycles. The molecule has 0 aromatic carbocycles. The quantitative estimate of drug-likeness (QED) is 0.802. The van der Waals surface area contributed by atoms with Gasteiger partial charge >= 0.3 is 0 Å². The second kappa shape index (κ2) is 5.07. The van der Waals surface area contributed by atoms with E-state index >= 15 is 0 Å². The van der Waals surface area contributed by atoms with E-state index in [4.69, 9.17) is 9.84 Å². The molecule has 1 aromatic rings. The molecule has 6 heteroatoms. The van der Waals surface area contributed by atoms with E-state index in [0.717, 1.165) is 5.69 Å². The summed E-state index contributed by atoms with van der Waals surface area (Å²) in [5.74, 6) is -0.0464. The highest BCUT2D eigenvalue weighted by molar-refractivity contribution is 5.95. The molecule has 1 amide bonds. The van der Waals surface area contributed by atoms with Gasteiger partial charge in [0.25, 0.3) is 5.91 Å². The normalized spacial score (nSPS) is 24.3. The zero-order chi connectivity index (χ0) is 13.3. The molecule has 18 heavy (non-hydrogen) atoms. The van der Waals surface area contributed by atoms with Crippen molar-refractivity contribution in [2.75, 3.05) is 19.8 Å². The molecule has 6 nitrogen and oxygen atoms in total. The third kappa shape index (κ3) is 2.39. The first kappa shape index (κ1) is 13.0. The third-order valence-corrected chi connectivity index (χ3v) is 3.21. The maximum atomic E-state index is 12.4. The Hall–Kier alpha value is -1.40. The van der Waals surface area contributed by atoms with Crippen molar-refractivity contribution in [3.63, 3.8) is 0 Å². The highest BCUT2D eigenvalue weighted by atomic mass is 16.5. The van der Waals surface area contributed by atoms with Crippen molar-refractivity contribution in [2.45, 2.75) is 26.0 Å². The molecule has 1 aliphatic heterocycles. The summed E-state index contributed by atoms with van der Waals surface area (Å²) in [6.45, 7) is 4.57. The first-order valence-corrected chi connectivity index (χ1v) is 6.06. The Kier molecular flexibility index (Phi) is 3.68. The second-order valence-electron chi connectivity index (χ2n) is 4.75. The molecule has 0 radical (unpaired) electrons. The van der Waals surface area contributed by atoms with Crippen LogP contribution in [-0.4, -0.2) is 57.6 Å². The number of hydrogen-bond donors (Lipinski definition) is 1. The summed E-state index contributed by atoms with van der Waals surface area (Å²) in [6.07, 6.45) is 1.44. The van der Waals surface area contributed by atoms with Crippen molar-refractivity contribution in [3.8, 4) is 0 Å². The van der Waals surface area contributed by atoms with Gasteiger partial charge in [0.15, 0.2) is 0 Å². The molecule has 1 fully saturated rings. The third-order valence-electron chi connectivity index (χ3n) is 3.21. The van der Waals surface area contributed by atoms with Gasteiger partial charge in [0.1, 0.15) is 0 Å². The van der Waals surface area contributed by atoms with Crippen LogP contribution in [0.3, 0.4) is 0 Å². The highest BCUT2D eigenvalue weighted by Crippen LogP contribution is 2.17. The standard InChI is InChI=1S/C12H19N3O3/c1-8-7-18-10(6-16)4-15(8)12(17)11-5-14(3)13-9(11)2/h5,8,10,16H,4,6-7H2,1-3H3. The first-order valence-electron chi connectivity index (χ1n) is 6.06. The van der Waals surface area contributed by atoms with Crippen LogP contribution in [-0.2, 0) is 11.8 Å². The number of morpholine rings is 1. The van der Waals surface area contributed by atoms with Crippen molar-refractivity contribution >= 4 is 5.91 Å². The lowest BCUT2D eigenvalue weighted by atomic mass is 10.1. The summed E-state index contributed by atoms with van der Waals surface area (Å²) in [7, 11) is 1.79. The van der Waals surface area contributed by atoms with Crippen molar-refractivity contribution < 1.29 is 14.6 Å². The molecule has 2 heterocycles. The number of nitrogens with zero attached hydrogens (tertiary/aromatic N) is 3. The first-order chi connectivity index (χ1) is 8.52. The van der Waals surface area contributed by atoms with Crippen LogP contribution in [0.25, 0.3) is 0 Å². The predicted molar refractivity (Wildman–Crippen MR) is 65.3 cm³/mol. The molecule has 100 valence electrons. The predicted octanol–water partition coefficient (Wildman–Crippen LogP) is -0.0497. The van der Waals surface area contributed by atoms with E-state index in [-0.39, 0.29) is 24.7 Å². The van der Waals surface area contributed by atoms with Crippen LogP contribution in [0.15, 0.2) is 6.20 Å². The van der Waals surface area contributed by atoms with Gasteiger partial charge in [0.05, 0.1) is 36.6 Å². The maximum Gasteiger partial charge on any atom is 0.257 e. The largest absolute Gasteiger partial charge is 0.394 e. The molecule has 2 rings (SSSR count). The summed E-state index contributed by atoms with van der Waals surface area (Å²) in [4.78, 5) is 14.2. The molecule has 1 saturated heterocycles. The highest BCUT2D eigenvalue weighted by Gasteiger charge is 2.31. The van der Waals surface area contributed by atoms with Crippen LogP contribution in [0.5, 0.6) is 0 Å². The van der Waals surface area contributed by atoms with Crippen LogP contribution in [0, 0.1) is 6.92 Å². The van der Waals surface area contributed by atoms with Crippen LogP contribution < -0.4 is 0 Å². The average molecular weight is 253 g/mol. The molecule has 2 atom stereocenters. The molecule has 1 aliphatic rings. The summed E-state index contributed by atoms with van der Waals surface area (Å²) in [6, 6.07) is 0.0138. The van der Waals surface area contributed by atoms with Gasteiger partial charge in [-0.15, -0.1) is 0 Å². The lowest BCUT2D eigenvalue weighted by Crippen LogP contribution is -2.52. The van der Waals surface area contributed by atoms with Crippen LogP contribution in [0.2, 0.25) is 0 Å². The van der Waals surface area contributed by atoms with E-state index in [1.165, 1.54) is 0 Å². The number of carbonyl (C=O) groups excluding carboxylic acids is 1. The summed E-state index contributed by atoms with van der Waals surface area (Å²) >= 11 is 0. The van der Waals surface area contributed by atoms with E-state index in [2.05, 4.69) is 5.10 Å². The molecule has 0 saturated carbocycles. The summed E-state index contributed by atoms with van der Waals surface area (Å²) in [5, 5.41) is 13.3. The summed E-state index contributed by atoms with van der Waals surface area (Å²) < 4.78 is 7.06. The van der Waals surface area contributed by atoms with E-state index in [1.54, 1.807) is 22.8 Å². The Morgan fingerprint density at radius 2 is 2.39 bits per heavy atom. The number of amides is 1. The lowest BCUT2D eigenvalue weighted by Gasteiger charge is -2.37. The Balaban J connectivity index is 2.19. The monoisotopic (exact) mass is 253 g/mol. The fourth-order valence-electron chi connectivity index (χ4n) is 2.18. The van der Waals surface area contributed by atoms with Gasteiger partial charge in [-0.05, 0) is 13.8 Å². The fraction of sp³-hybridized carbons (Fsp3) is 0.667. The lowest BCUT2D eigenvalue weighted by molar-refractivity contribution is -0.0667. The smallest absolute Gasteiger partial charge is 0.257 e. The number of aliphatic hydroxyl groups excluding tert-OH is 1. The molecular weight excluding hydrogens is 234 g/mol. The number of ether oxygens (including phenoxy) is 1. The molecule has 1 N–H and O–H groups in total. The molecule has 2 unspecified atom stereocenters. The van der Waals surface area contributed by atoms with E-state index < -0.39 is 0 Å². The minimum Gasteiger partial charge on any atom is -0.394 e. The number of aryl methyl sites for hydroxylation is 2. The molecule has 0 aliphatic carbocycles. The van der Waals surface area contributed by atoms with Crippen molar-refractivity contribution in [3.05, 3.63) is 17.5 Å². The van der Waals surface area contributed by atoms with Gasteiger partial charge in [-0.25, -0.2) is 0 Å². The van der Waals surface area contributed by atoms with Crippen molar-refractivity contribution in [1.29, 1.82) is 0 Å². The van der Waals surface area contributed by atoms with Crippen molar-refractivity contribution in [1.82, 2.24) is 14.7 Å². The molecule has 0 bridgehead atoms. The van der Waals surface area contributed by atoms with Crippen LogP contribution in [0.1, 0.15) is 23.0 Å². The zero-order valence-electron chi connectivity index (χ0n) is 11.0. The number of aromatic nitrogens is 2. The number of aliphatic hydroxyl groups is 1. The topological polar surface area (TPSA) is 67.6 Å². The molecule has 0 spiro atoms. The minimum absolute atomic E-state index is 0.0138. The average Bonchev–Trinajstić information content (AvgIpc) is 2.68. The molecular formula is C12H19N3O3. The van der Waals surface area contributed by atoms with Crippen molar-refractivity contribution in [2.24, 2.45) is 7.05 Å².